The lowest BCUT2D eigenvalue weighted by Gasteiger charge is -2.31. The van der Waals surface area contributed by atoms with Gasteiger partial charge in [0.2, 0.25) is 5.91 Å². The van der Waals surface area contributed by atoms with Crippen LogP contribution in [0.4, 0.5) is 0 Å². The van der Waals surface area contributed by atoms with Crippen molar-refractivity contribution >= 4 is 5.91 Å². The molecule has 104 valence electrons. The number of nitrogens with two attached hydrogens (primary N) is 1. The smallest absolute Gasteiger partial charge is 0.225 e. The van der Waals surface area contributed by atoms with E-state index in [9.17, 15) is 4.79 Å². The van der Waals surface area contributed by atoms with E-state index in [1.165, 1.54) is 0 Å². The molecule has 4 heteroatoms. The molecule has 2 rings (SSSR count). The van der Waals surface area contributed by atoms with Crippen LogP contribution in [-0.2, 0) is 9.53 Å². The van der Waals surface area contributed by atoms with Crippen molar-refractivity contribution in [3.8, 4) is 0 Å². The van der Waals surface area contributed by atoms with Gasteiger partial charge in [-0.2, -0.15) is 0 Å². The number of carbonyl (C=O) groups is 1. The normalized spacial score (nSPS) is 32.4. The molecular weight excluding hydrogens is 228 g/mol. The molecule has 1 aliphatic heterocycles. The number of rotatable bonds is 4. The number of nitrogens with zero attached hydrogens (tertiary/aromatic N) is 1. The summed E-state index contributed by atoms with van der Waals surface area (Å²) in [7, 11) is 0. The van der Waals surface area contributed by atoms with E-state index < -0.39 is 0 Å². The third kappa shape index (κ3) is 3.45. The molecule has 1 atom stereocenters. The highest BCUT2D eigenvalue weighted by Crippen LogP contribution is 2.26. The van der Waals surface area contributed by atoms with Gasteiger partial charge in [-0.15, -0.1) is 0 Å². The maximum atomic E-state index is 12.5. The highest BCUT2D eigenvalue weighted by molar-refractivity contribution is 5.78. The van der Waals surface area contributed by atoms with Crippen molar-refractivity contribution in [1.29, 1.82) is 0 Å². The van der Waals surface area contributed by atoms with E-state index in [0.29, 0.717) is 17.9 Å². The zero-order valence-corrected chi connectivity index (χ0v) is 11.4. The first kappa shape index (κ1) is 13.8. The Morgan fingerprint density at radius 1 is 1.28 bits per heavy atom. The first-order valence-electron chi connectivity index (χ1n) is 7.32. The van der Waals surface area contributed by atoms with Gasteiger partial charge in [0.05, 0.1) is 6.61 Å². The van der Waals surface area contributed by atoms with Gasteiger partial charge in [-0.05, 0) is 39.0 Å². The second-order valence-corrected chi connectivity index (χ2v) is 5.72. The quantitative estimate of drug-likeness (QED) is 0.825. The molecule has 0 aromatic carbocycles. The van der Waals surface area contributed by atoms with Crippen LogP contribution in [0.3, 0.4) is 0 Å². The maximum Gasteiger partial charge on any atom is 0.225 e. The van der Waals surface area contributed by atoms with Crippen molar-refractivity contribution in [3.05, 3.63) is 0 Å². The van der Waals surface area contributed by atoms with Crippen LogP contribution in [0.15, 0.2) is 0 Å². The van der Waals surface area contributed by atoms with Crippen molar-refractivity contribution in [2.45, 2.75) is 45.1 Å². The van der Waals surface area contributed by atoms with Crippen LogP contribution in [0.2, 0.25) is 0 Å². The molecule has 0 bridgehead atoms. The molecule has 1 aliphatic carbocycles. The third-order valence-electron chi connectivity index (χ3n) is 4.32. The Hall–Kier alpha value is -0.610. The average molecular weight is 254 g/mol. The predicted molar refractivity (Wildman–Crippen MR) is 71.1 cm³/mol. The Labute approximate surface area is 110 Å². The third-order valence-corrected chi connectivity index (χ3v) is 4.32. The molecular formula is C14H26N2O2. The highest BCUT2D eigenvalue weighted by Gasteiger charge is 2.29. The van der Waals surface area contributed by atoms with Crippen LogP contribution >= 0.6 is 0 Å². The summed E-state index contributed by atoms with van der Waals surface area (Å²) in [6.07, 6.45) is 5.04. The lowest BCUT2D eigenvalue weighted by molar-refractivity contribution is -0.137. The Balaban J connectivity index is 1.84. The van der Waals surface area contributed by atoms with Crippen molar-refractivity contribution < 1.29 is 9.53 Å². The van der Waals surface area contributed by atoms with E-state index in [-0.39, 0.29) is 5.92 Å². The second kappa shape index (κ2) is 6.53. The lowest BCUT2D eigenvalue weighted by Crippen LogP contribution is -2.41. The number of hydrogen-bond donors (Lipinski definition) is 1. The van der Waals surface area contributed by atoms with E-state index in [1.54, 1.807) is 0 Å². The van der Waals surface area contributed by atoms with Gasteiger partial charge in [-0.3, -0.25) is 4.79 Å². The fourth-order valence-corrected chi connectivity index (χ4v) is 3.04. The summed E-state index contributed by atoms with van der Waals surface area (Å²) in [5.74, 6) is 1.10. The van der Waals surface area contributed by atoms with Crippen LogP contribution in [0, 0.1) is 11.8 Å². The SMILES string of the molecule is CCN(CC1CCOC1)C(=O)C1CCC(N)CC1. The molecule has 1 heterocycles. The number of amides is 1. The van der Waals surface area contributed by atoms with Gasteiger partial charge in [0.15, 0.2) is 0 Å². The summed E-state index contributed by atoms with van der Waals surface area (Å²) in [5, 5.41) is 0. The summed E-state index contributed by atoms with van der Waals surface area (Å²) in [6.45, 7) is 5.44. The summed E-state index contributed by atoms with van der Waals surface area (Å²) in [6, 6.07) is 0.312. The van der Waals surface area contributed by atoms with Crippen LogP contribution in [0.5, 0.6) is 0 Å². The summed E-state index contributed by atoms with van der Waals surface area (Å²) < 4.78 is 5.39. The van der Waals surface area contributed by atoms with Crippen LogP contribution in [0.25, 0.3) is 0 Å². The van der Waals surface area contributed by atoms with Crippen LogP contribution < -0.4 is 5.73 Å². The second-order valence-electron chi connectivity index (χ2n) is 5.72. The van der Waals surface area contributed by atoms with Crippen molar-refractivity contribution in [2.24, 2.45) is 17.6 Å². The molecule has 1 unspecified atom stereocenters. The minimum Gasteiger partial charge on any atom is -0.381 e. The molecule has 1 saturated carbocycles. The van der Waals surface area contributed by atoms with Gasteiger partial charge >= 0.3 is 0 Å². The minimum atomic E-state index is 0.215. The molecule has 1 amide bonds. The molecule has 1 saturated heterocycles. The minimum absolute atomic E-state index is 0.215. The fraction of sp³-hybridized carbons (Fsp3) is 0.929. The lowest BCUT2D eigenvalue weighted by atomic mass is 9.85. The molecule has 2 aliphatic rings. The predicted octanol–water partition coefficient (Wildman–Crippen LogP) is 1.39. The first-order chi connectivity index (χ1) is 8.70. The zero-order valence-electron chi connectivity index (χ0n) is 11.4. The molecule has 4 nitrogen and oxygen atoms in total. The first-order valence-corrected chi connectivity index (χ1v) is 7.32. The van der Waals surface area contributed by atoms with Crippen molar-refractivity contribution in [3.63, 3.8) is 0 Å². The van der Waals surface area contributed by atoms with E-state index >= 15 is 0 Å². The number of ether oxygens (including phenoxy) is 1. The van der Waals surface area contributed by atoms with Crippen LogP contribution in [0.1, 0.15) is 39.0 Å². The fourth-order valence-electron chi connectivity index (χ4n) is 3.04. The molecule has 0 radical (unpaired) electrons. The Kier molecular flexibility index (Phi) is 5.01. The topological polar surface area (TPSA) is 55.6 Å². The van der Waals surface area contributed by atoms with Crippen molar-refractivity contribution in [2.75, 3.05) is 26.3 Å². The van der Waals surface area contributed by atoms with Gasteiger partial charge in [0, 0.05) is 37.6 Å². The standard InChI is InChI=1S/C14H26N2O2/c1-2-16(9-11-7-8-18-10-11)14(17)12-3-5-13(15)6-4-12/h11-13H,2-10,15H2,1H3. The highest BCUT2D eigenvalue weighted by atomic mass is 16.5. The Morgan fingerprint density at radius 3 is 2.56 bits per heavy atom. The molecule has 18 heavy (non-hydrogen) atoms. The monoisotopic (exact) mass is 254 g/mol. The molecule has 2 N–H and O–H groups in total. The Morgan fingerprint density at radius 2 is 2.00 bits per heavy atom. The summed E-state index contributed by atoms with van der Waals surface area (Å²) >= 11 is 0. The molecule has 0 aromatic heterocycles. The number of hydrogen-bond acceptors (Lipinski definition) is 3. The Bertz CT molecular complexity index is 269. The average Bonchev–Trinajstić information content (AvgIpc) is 2.89. The van der Waals surface area contributed by atoms with Gasteiger partial charge in [-0.1, -0.05) is 0 Å². The van der Waals surface area contributed by atoms with E-state index in [2.05, 4.69) is 6.92 Å². The van der Waals surface area contributed by atoms with E-state index in [1.807, 2.05) is 4.90 Å². The summed E-state index contributed by atoms with van der Waals surface area (Å²) in [4.78, 5) is 14.5. The van der Waals surface area contributed by atoms with Gasteiger partial charge in [0.25, 0.3) is 0 Å². The summed E-state index contributed by atoms with van der Waals surface area (Å²) in [5.41, 5.74) is 5.90. The van der Waals surface area contributed by atoms with E-state index in [0.717, 1.165) is 58.4 Å². The van der Waals surface area contributed by atoms with Gasteiger partial charge in [-0.25, -0.2) is 0 Å². The van der Waals surface area contributed by atoms with E-state index in [4.69, 9.17) is 10.5 Å². The maximum absolute atomic E-state index is 12.5. The molecule has 2 fully saturated rings. The zero-order chi connectivity index (χ0) is 13.0. The van der Waals surface area contributed by atoms with Gasteiger partial charge in [0.1, 0.15) is 0 Å². The van der Waals surface area contributed by atoms with Crippen molar-refractivity contribution in [1.82, 2.24) is 4.90 Å². The largest absolute Gasteiger partial charge is 0.381 e. The van der Waals surface area contributed by atoms with Crippen LogP contribution in [-0.4, -0.2) is 43.2 Å². The number of carbonyl (C=O) groups excluding carboxylic acids is 1. The van der Waals surface area contributed by atoms with Gasteiger partial charge < -0.3 is 15.4 Å². The molecule has 0 spiro atoms. The molecule has 0 aromatic rings.